The lowest BCUT2D eigenvalue weighted by molar-refractivity contribution is -0.0605. The number of carbonyl (C=O) groups is 1. The maximum Gasteiger partial charge on any atom is 0.257 e. The molecular formula is C15H13F3N4O2. The minimum atomic E-state index is -1.32. The second kappa shape index (κ2) is 5.59. The van der Waals surface area contributed by atoms with Crippen molar-refractivity contribution in [3.05, 3.63) is 47.0 Å². The zero-order valence-electron chi connectivity index (χ0n) is 12.5. The average Bonchev–Trinajstić information content (AvgIpc) is 3.06. The number of aromatic nitrogens is 3. The van der Waals surface area contributed by atoms with Crippen LogP contribution in [0.5, 0.6) is 0 Å². The number of ether oxygens (including phenoxy) is 1. The van der Waals surface area contributed by atoms with Crippen molar-refractivity contribution < 1.29 is 22.7 Å². The van der Waals surface area contributed by atoms with Crippen molar-refractivity contribution in [3.63, 3.8) is 0 Å². The molecule has 0 bridgehead atoms. The molecule has 4 rings (SSSR count). The number of halogens is 3. The summed E-state index contributed by atoms with van der Waals surface area (Å²) in [4.78, 5) is 13.9. The number of carbonyl (C=O) groups excluding carboxylic acids is 1. The van der Waals surface area contributed by atoms with E-state index in [1.807, 2.05) is 0 Å². The fraction of sp³-hybridized carbons (Fsp3) is 0.400. The van der Waals surface area contributed by atoms with Gasteiger partial charge in [-0.1, -0.05) is 5.21 Å². The molecule has 1 fully saturated rings. The summed E-state index contributed by atoms with van der Waals surface area (Å²) < 4.78 is 47.7. The second-order valence-electron chi connectivity index (χ2n) is 5.87. The molecule has 0 spiro atoms. The molecular weight excluding hydrogens is 325 g/mol. The molecule has 3 heterocycles. The largest absolute Gasteiger partial charge is 0.370 e. The van der Waals surface area contributed by atoms with Crippen LogP contribution in [-0.4, -0.2) is 45.0 Å². The smallest absolute Gasteiger partial charge is 0.257 e. The molecule has 1 saturated heterocycles. The number of rotatable bonds is 1. The van der Waals surface area contributed by atoms with E-state index in [9.17, 15) is 18.0 Å². The Balaban J connectivity index is 1.60. The molecule has 1 aromatic heterocycles. The van der Waals surface area contributed by atoms with Crippen molar-refractivity contribution >= 4 is 5.91 Å². The zero-order valence-corrected chi connectivity index (χ0v) is 12.5. The van der Waals surface area contributed by atoms with E-state index in [4.69, 9.17) is 4.74 Å². The number of hydrogen-bond acceptors (Lipinski definition) is 4. The van der Waals surface area contributed by atoms with E-state index < -0.39 is 28.9 Å². The molecule has 1 amide bonds. The van der Waals surface area contributed by atoms with Crippen molar-refractivity contribution in [2.24, 2.45) is 0 Å². The van der Waals surface area contributed by atoms with Crippen LogP contribution in [0, 0.1) is 17.5 Å². The third kappa shape index (κ3) is 2.35. The summed E-state index contributed by atoms with van der Waals surface area (Å²) in [6.07, 6.45) is 2.02. The van der Waals surface area contributed by atoms with E-state index in [0.29, 0.717) is 31.7 Å². The first-order valence-corrected chi connectivity index (χ1v) is 7.49. The molecule has 126 valence electrons. The minimum Gasteiger partial charge on any atom is -0.370 e. The molecule has 24 heavy (non-hydrogen) atoms. The van der Waals surface area contributed by atoms with E-state index in [1.54, 1.807) is 10.9 Å². The van der Waals surface area contributed by atoms with Crippen LogP contribution in [0.4, 0.5) is 13.2 Å². The summed E-state index contributed by atoms with van der Waals surface area (Å²) >= 11 is 0. The van der Waals surface area contributed by atoms with Gasteiger partial charge >= 0.3 is 0 Å². The Morgan fingerprint density at radius 1 is 1.21 bits per heavy atom. The van der Waals surface area contributed by atoms with Crippen LogP contribution in [0.15, 0.2) is 18.3 Å². The first-order valence-electron chi connectivity index (χ1n) is 7.49. The molecule has 9 heteroatoms. The van der Waals surface area contributed by atoms with Crippen LogP contribution < -0.4 is 0 Å². The van der Waals surface area contributed by atoms with E-state index in [-0.39, 0.29) is 18.7 Å². The summed E-state index contributed by atoms with van der Waals surface area (Å²) in [6, 6.07) is 0.744. The van der Waals surface area contributed by atoms with Gasteiger partial charge < -0.3 is 9.64 Å². The highest BCUT2D eigenvalue weighted by Crippen LogP contribution is 2.31. The molecule has 2 aromatic rings. The standard InChI is InChI=1S/C15H13F3N4O2/c16-10-4-12(18)11(17)3-9(10)15(23)21-2-1-14-13(6-21)22-8(7-24-14)5-19-20-22/h3-5,13-14H,1-2,6-7H2/t13-,14-/m1/s1. The highest BCUT2D eigenvalue weighted by molar-refractivity contribution is 5.94. The Kier molecular flexibility index (Phi) is 3.52. The highest BCUT2D eigenvalue weighted by Gasteiger charge is 2.38. The number of fused-ring (bicyclic) bond motifs is 3. The molecule has 2 aliphatic rings. The third-order valence-corrected chi connectivity index (χ3v) is 4.46. The van der Waals surface area contributed by atoms with E-state index >= 15 is 0 Å². The van der Waals surface area contributed by atoms with E-state index in [1.165, 1.54) is 4.90 Å². The van der Waals surface area contributed by atoms with Gasteiger partial charge in [-0.3, -0.25) is 4.79 Å². The molecule has 0 N–H and O–H groups in total. The summed E-state index contributed by atoms with van der Waals surface area (Å²) in [6.45, 7) is 0.973. The van der Waals surface area contributed by atoms with Gasteiger partial charge in [-0.05, 0) is 12.5 Å². The first-order chi connectivity index (χ1) is 11.5. The van der Waals surface area contributed by atoms with Gasteiger partial charge in [0.05, 0.1) is 36.2 Å². The number of piperidine rings is 1. The molecule has 2 aliphatic heterocycles. The van der Waals surface area contributed by atoms with Gasteiger partial charge in [-0.15, -0.1) is 5.10 Å². The fourth-order valence-electron chi connectivity index (χ4n) is 3.22. The van der Waals surface area contributed by atoms with Gasteiger partial charge in [0.15, 0.2) is 11.6 Å². The van der Waals surface area contributed by atoms with Gasteiger partial charge in [-0.25, -0.2) is 17.9 Å². The van der Waals surface area contributed by atoms with Crippen molar-refractivity contribution in [1.29, 1.82) is 0 Å². The van der Waals surface area contributed by atoms with Gasteiger partial charge in [0.2, 0.25) is 0 Å². The van der Waals surface area contributed by atoms with Crippen molar-refractivity contribution in [1.82, 2.24) is 19.9 Å². The predicted molar refractivity (Wildman–Crippen MR) is 74.5 cm³/mol. The fourth-order valence-corrected chi connectivity index (χ4v) is 3.22. The number of likely N-dealkylation sites (tertiary alicyclic amines) is 1. The summed E-state index contributed by atoms with van der Waals surface area (Å²) in [5.41, 5.74) is 0.312. The Labute approximate surface area is 134 Å². The average molecular weight is 338 g/mol. The number of hydrogen-bond donors (Lipinski definition) is 0. The summed E-state index contributed by atoms with van der Waals surface area (Å²) in [7, 11) is 0. The number of benzene rings is 1. The van der Waals surface area contributed by atoms with Crippen LogP contribution in [-0.2, 0) is 11.3 Å². The highest BCUT2D eigenvalue weighted by atomic mass is 19.2. The Bertz CT molecular complexity index is 810. The molecule has 0 unspecified atom stereocenters. The lowest BCUT2D eigenvalue weighted by atomic mass is 9.99. The van der Waals surface area contributed by atoms with Crippen LogP contribution in [0.3, 0.4) is 0 Å². The van der Waals surface area contributed by atoms with E-state index in [2.05, 4.69) is 10.3 Å². The lowest BCUT2D eigenvalue weighted by Gasteiger charge is -2.41. The Hall–Kier alpha value is -2.42. The van der Waals surface area contributed by atoms with Gasteiger partial charge in [-0.2, -0.15) is 0 Å². The van der Waals surface area contributed by atoms with Crippen LogP contribution in [0.25, 0.3) is 0 Å². The molecule has 6 nitrogen and oxygen atoms in total. The zero-order chi connectivity index (χ0) is 16.8. The van der Waals surface area contributed by atoms with Gasteiger partial charge in [0.1, 0.15) is 5.82 Å². The molecule has 0 aliphatic carbocycles. The first kappa shape index (κ1) is 15.1. The molecule has 0 saturated carbocycles. The molecule has 0 radical (unpaired) electrons. The van der Waals surface area contributed by atoms with Gasteiger partial charge in [0.25, 0.3) is 5.91 Å². The van der Waals surface area contributed by atoms with Crippen molar-refractivity contribution in [2.45, 2.75) is 25.2 Å². The maximum atomic E-state index is 13.9. The third-order valence-electron chi connectivity index (χ3n) is 4.46. The van der Waals surface area contributed by atoms with Crippen LogP contribution >= 0.6 is 0 Å². The predicted octanol–water partition coefficient (Wildman–Crippen LogP) is 1.68. The molecule has 2 atom stereocenters. The SMILES string of the molecule is O=C(c1cc(F)c(F)cc1F)N1CC[C@H]2OCc3cnnn3[C@@H]2C1. The van der Waals surface area contributed by atoms with E-state index in [0.717, 1.165) is 5.69 Å². The van der Waals surface area contributed by atoms with Crippen molar-refractivity contribution in [3.8, 4) is 0 Å². The Morgan fingerprint density at radius 2 is 2.00 bits per heavy atom. The topological polar surface area (TPSA) is 60.3 Å². The van der Waals surface area contributed by atoms with Crippen molar-refractivity contribution in [2.75, 3.05) is 13.1 Å². The maximum absolute atomic E-state index is 13.9. The number of amides is 1. The minimum absolute atomic E-state index is 0.113. The lowest BCUT2D eigenvalue weighted by Crippen LogP contribution is -2.50. The van der Waals surface area contributed by atoms with Gasteiger partial charge in [0, 0.05) is 19.2 Å². The number of nitrogens with zero attached hydrogens (tertiary/aromatic N) is 4. The Morgan fingerprint density at radius 3 is 2.83 bits per heavy atom. The molecule has 1 aromatic carbocycles. The summed E-state index contributed by atoms with van der Waals surface area (Å²) in [5, 5.41) is 7.85. The second-order valence-corrected chi connectivity index (χ2v) is 5.87. The monoisotopic (exact) mass is 338 g/mol. The van der Waals surface area contributed by atoms with Crippen LogP contribution in [0.2, 0.25) is 0 Å². The quantitative estimate of drug-likeness (QED) is 0.743. The van der Waals surface area contributed by atoms with Crippen LogP contribution in [0.1, 0.15) is 28.5 Å². The normalized spacial score (nSPS) is 22.9. The summed E-state index contributed by atoms with van der Waals surface area (Å²) in [5.74, 6) is -4.34.